The summed E-state index contributed by atoms with van der Waals surface area (Å²) in [7, 11) is 3.67. The van der Waals surface area contributed by atoms with E-state index in [9.17, 15) is 4.79 Å². The van der Waals surface area contributed by atoms with E-state index in [1.807, 2.05) is 26.2 Å². The number of nitrogens with zero attached hydrogens (tertiary/aromatic N) is 1. The molecule has 2 unspecified atom stereocenters. The molecule has 0 saturated carbocycles. The Balaban J connectivity index is 2.59. The fraction of sp³-hybridized carbons (Fsp3) is 0.389. The molecule has 0 N–H and O–H groups in total. The maximum atomic E-state index is 12.6. The van der Waals surface area contributed by atoms with Gasteiger partial charge in [-0.15, -0.1) is 0 Å². The fourth-order valence-electron chi connectivity index (χ4n) is 2.72. The van der Waals surface area contributed by atoms with Gasteiger partial charge in [0, 0.05) is 14.1 Å². The van der Waals surface area contributed by atoms with Crippen LogP contribution in [0, 0.1) is 5.92 Å². The number of fused-ring (bicyclic) bond motifs is 1. The van der Waals surface area contributed by atoms with Crippen LogP contribution in [0.5, 0.6) is 0 Å². The molecule has 0 aliphatic heterocycles. The summed E-state index contributed by atoms with van der Waals surface area (Å²) < 4.78 is 0. The zero-order valence-corrected chi connectivity index (χ0v) is 12.8. The van der Waals surface area contributed by atoms with Crippen LogP contribution in [-0.4, -0.2) is 24.9 Å². The minimum atomic E-state index is -0.0684. The van der Waals surface area contributed by atoms with Gasteiger partial charge in [-0.3, -0.25) is 4.79 Å². The molecular formula is C18H23NO. The Bertz CT molecular complexity index is 598. The second-order valence-corrected chi connectivity index (χ2v) is 5.66. The van der Waals surface area contributed by atoms with Gasteiger partial charge in [-0.25, -0.2) is 0 Å². The Morgan fingerprint density at radius 1 is 1.10 bits per heavy atom. The van der Waals surface area contributed by atoms with Gasteiger partial charge in [-0.2, -0.15) is 0 Å². The van der Waals surface area contributed by atoms with Crippen LogP contribution < -0.4 is 0 Å². The smallest absolute Gasteiger partial charge is 0.229 e. The zero-order chi connectivity index (χ0) is 14.7. The molecule has 2 rings (SSSR count). The Kier molecular flexibility index (Phi) is 4.43. The molecule has 1 amide bonds. The molecule has 106 valence electrons. The first-order valence-electron chi connectivity index (χ1n) is 7.25. The van der Waals surface area contributed by atoms with E-state index in [0.717, 1.165) is 12.0 Å². The van der Waals surface area contributed by atoms with Crippen molar-refractivity contribution in [1.29, 1.82) is 0 Å². The molecule has 0 fully saturated rings. The third-order valence-corrected chi connectivity index (χ3v) is 4.08. The molecule has 0 radical (unpaired) electrons. The highest BCUT2D eigenvalue weighted by Gasteiger charge is 2.28. The highest BCUT2D eigenvalue weighted by atomic mass is 16.2. The van der Waals surface area contributed by atoms with Gasteiger partial charge >= 0.3 is 0 Å². The normalized spacial score (nSPS) is 14.0. The monoisotopic (exact) mass is 269 g/mol. The van der Waals surface area contributed by atoms with E-state index in [4.69, 9.17) is 0 Å². The van der Waals surface area contributed by atoms with Gasteiger partial charge in [-0.1, -0.05) is 62.7 Å². The molecule has 2 atom stereocenters. The summed E-state index contributed by atoms with van der Waals surface area (Å²) in [6.45, 7) is 4.31. The summed E-state index contributed by atoms with van der Waals surface area (Å²) in [6, 6.07) is 14.6. The highest BCUT2D eigenvalue weighted by Crippen LogP contribution is 2.33. The second kappa shape index (κ2) is 6.08. The number of carbonyl (C=O) groups is 1. The average molecular weight is 269 g/mol. The van der Waals surface area contributed by atoms with Crippen LogP contribution in [0.25, 0.3) is 10.8 Å². The fourth-order valence-corrected chi connectivity index (χ4v) is 2.72. The molecule has 2 heteroatoms. The quantitative estimate of drug-likeness (QED) is 0.819. The van der Waals surface area contributed by atoms with Gasteiger partial charge in [-0.05, 0) is 22.3 Å². The lowest BCUT2D eigenvalue weighted by Crippen LogP contribution is -2.31. The third-order valence-electron chi connectivity index (χ3n) is 4.08. The number of benzene rings is 2. The minimum Gasteiger partial charge on any atom is -0.348 e. The van der Waals surface area contributed by atoms with E-state index in [1.54, 1.807) is 4.90 Å². The Labute approximate surface area is 121 Å². The van der Waals surface area contributed by atoms with E-state index < -0.39 is 0 Å². The SMILES string of the molecule is CCC(C)C(C(=O)N(C)C)c1cccc2ccccc12. The summed E-state index contributed by atoms with van der Waals surface area (Å²) in [5.74, 6) is 0.451. The molecule has 2 nitrogen and oxygen atoms in total. The molecule has 2 aromatic carbocycles. The van der Waals surface area contributed by atoms with E-state index >= 15 is 0 Å². The summed E-state index contributed by atoms with van der Waals surface area (Å²) in [4.78, 5) is 14.3. The molecule has 0 aliphatic rings. The standard InChI is InChI=1S/C18H23NO/c1-5-13(2)17(18(20)19(3)4)16-12-8-10-14-9-6-7-11-15(14)16/h6-13,17H,5H2,1-4H3. The number of amides is 1. The first kappa shape index (κ1) is 14.6. The van der Waals surface area contributed by atoms with Crippen molar-refractivity contribution in [2.75, 3.05) is 14.1 Å². The van der Waals surface area contributed by atoms with Gasteiger partial charge < -0.3 is 4.90 Å². The summed E-state index contributed by atoms with van der Waals surface area (Å²) in [6.07, 6.45) is 0.994. The molecule has 0 aliphatic carbocycles. The van der Waals surface area contributed by atoms with Crippen molar-refractivity contribution >= 4 is 16.7 Å². The second-order valence-electron chi connectivity index (χ2n) is 5.66. The lowest BCUT2D eigenvalue weighted by Gasteiger charge is -2.26. The van der Waals surface area contributed by atoms with Gasteiger partial charge in [0.2, 0.25) is 5.91 Å². The largest absolute Gasteiger partial charge is 0.348 e. The average Bonchev–Trinajstić information content (AvgIpc) is 2.47. The molecule has 0 bridgehead atoms. The van der Waals surface area contributed by atoms with Gasteiger partial charge in [0.05, 0.1) is 5.92 Å². The predicted octanol–water partition coefficient (Wildman–Crippen LogP) is 4.06. The van der Waals surface area contributed by atoms with Crippen molar-refractivity contribution in [3.8, 4) is 0 Å². The van der Waals surface area contributed by atoms with Crippen LogP contribution >= 0.6 is 0 Å². The Morgan fingerprint density at radius 3 is 2.40 bits per heavy atom. The van der Waals surface area contributed by atoms with Crippen molar-refractivity contribution in [2.45, 2.75) is 26.2 Å². The van der Waals surface area contributed by atoms with Crippen LogP contribution in [0.4, 0.5) is 0 Å². The van der Waals surface area contributed by atoms with Crippen LogP contribution in [0.1, 0.15) is 31.7 Å². The van der Waals surface area contributed by atoms with Gasteiger partial charge in [0.25, 0.3) is 0 Å². The van der Waals surface area contributed by atoms with Crippen LogP contribution in [0.2, 0.25) is 0 Å². The minimum absolute atomic E-state index is 0.0684. The molecule has 0 aromatic heterocycles. The lowest BCUT2D eigenvalue weighted by molar-refractivity contribution is -0.131. The summed E-state index contributed by atoms with van der Waals surface area (Å²) >= 11 is 0. The number of carbonyl (C=O) groups excluding carboxylic acids is 1. The maximum absolute atomic E-state index is 12.6. The predicted molar refractivity (Wildman–Crippen MR) is 84.8 cm³/mol. The molecule has 2 aromatic rings. The highest BCUT2D eigenvalue weighted by molar-refractivity contribution is 5.93. The first-order valence-corrected chi connectivity index (χ1v) is 7.25. The molecule has 0 heterocycles. The first-order chi connectivity index (χ1) is 9.56. The zero-order valence-electron chi connectivity index (χ0n) is 12.8. The summed E-state index contributed by atoms with van der Waals surface area (Å²) in [5.41, 5.74) is 1.15. The van der Waals surface area contributed by atoms with Crippen LogP contribution in [0.3, 0.4) is 0 Å². The van der Waals surface area contributed by atoms with Crippen LogP contribution in [-0.2, 0) is 4.79 Å². The number of rotatable bonds is 4. The van der Waals surface area contributed by atoms with E-state index in [-0.39, 0.29) is 11.8 Å². The van der Waals surface area contributed by atoms with Crippen LogP contribution in [0.15, 0.2) is 42.5 Å². The number of likely N-dealkylation sites (N-methyl/N-ethyl adjacent to an activating group) is 1. The van der Waals surface area contributed by atoms with E-state index in [1.165, 1.54) is 10.8 Å². The Hall–Kier alpha value is -1.83. The van der Waals surface area contributed by atoms with Crippen molar-refractivity contribution in [3.63, 3.8) is 0 Å². The molecule has 0 saturated heterocycles. The number of hydrogen-bond donors (Lipinski definition) is 0. The van der Waals surface area contributed by atoms with E-state index in [0.29, 0.717) is 5.92 Å². The van der Waals surface area contributed by atoms with E-state index in [2.05, 4.69) is 44.2 Å². The van der Waals surface area contributed by atoms with Crippen molar-refractivity contribution in [3.05, 3.63) is 48.0 Å². The number of hydrogen-bond acceptors (Lipinski definition) is 1. The van der Waals surface area contributed by atoms with Gasteiger partial charge in [0.15, 0.2) is 0 Å². The molecule has 20 heavy (non-hydrogen) atoms. The van der Waals surface area contributed by atoms with Crippen molar-refractivity contribution < 1.29 is 4.79 Å². The molecule has 0 spiro atoms. The lowest BCUT2D eigenvalue weighted by atomic mass is 9.82. The summed E-state index contributed by atoms with van der Waals surface area (Å²) in [5, 5.41) is 2.39. The topological polar surface area (TPSA) is 20.3 Å². The molecular weight excluding hydrogens is 246 g/mol. The maximum Gasteiger partial charge on any atom is 0.229 e. The third kappa shape index (κ3) is 2.69. The van der Waals surface area contributed by atoms with Crippen molar-refractivity contribution in [2.24, 2.45) is 5.92 Å². The van der Waals surface area contributed by atoms with Gasteiger partial charge in [0.1, 0.15) is 0 Å². The Morgan fingerprint density at radius 2 is 1.75 bits per heavy atom. The van der Waals surface area contributed by atoms with Crippen molar-refractivity contribution in [1.82, 2.24) is 4.90 Å².